The molecule has 1 aromatic rings. The molecule has 0 saturated heterocycles. The van der Waals surface area contributed by atoms with Crippen LogP contribution in [0.5, 0.6) is 5.75 Å². The Balaban J connectivity index is 2.28. The van der Waals surface area contributed by atoms with Crippen LogP contribution in [0.25, 0.3) is 0 Å². The lowest BCUT2D eigenvalue weighted by Gasteiger charge is -2.07. The van der Waals surface area contributed by atoms with Gasteiger partial charge >= 0.3 is 0 Å². The van der Waals surface area contributed by atoms with Gasteiger partial charge in [0.25, 0.3) is 0 Å². The maximum absolute atomic E-state index is 5.82. The predicted molar refractivity (Wildman–Crippen MR) is 66.6 cm³/mol. The maximum Gasteiger partial charge on any atom is 0.121 e. The van der Waals surface area contributed by atoms with Crippen molar-refractivity contribution in [1.29, 1.82) is 0 Å². The van der Waals surface area contributed by atoms with E-state index in [-0.39, 0.29) is 0 Å². The number of benzene rings is 1. The van der Waals surface area contributed by atoms with E-state index in [0.29, 0.717) is 41.4 Å². The molecule has 0 spiro atoms. The first-order valence-electron chi connectivity index (χ1n) is 4.50. The second kappa shape index (κ2) is 7.23. The lowest BCUT2D eigenvalue weighted by molar-refractivity contribution is 0.112. The van der Waals surface area contributed by atoms with Crippen LogP contribution in [0.4, 0.5) is 0 Å². The molecular formula is C10H12Cl2O2S. The molecule has 0 unspecified atom stereocenters. The zero-order valence-electron chi connectivity index (χ0n) is 8.08. The standard InChI is InChI=1S/C10H12Cl2O2S/c11-9-2-1-8(7-10(9)12)14-4-3-13-5-6-15/h1-2,7,15H,3-6H2. The highest BCUT2D eigenvalue weighted by molar-refractivity contribution is 7.80. The van der Waals surface area contributed by atoms with E-state index in [1.54, 1.807) is 18.2 Å². The first-order valence-corrected chi connectivity index (χ1v) is 5.89. The molecule has 0 saturated carbocycles. The Morgan fingerprint density at radius 2 is 1.87 bits per heavy atom. The van der Waals surface area contributed by atoms with Gasteiger partial charge in [-0.2, -0.15) is 12.6 Å². The summed E-state index contributed by atoms with van der Waals surface area (Å²) in [5.41, 5.74) is 0. The number of halogens is 2. The molecular weight excluding hydrogens is 255 g/mol. The van der Waals surface area contributed by atoms with Crippen LogP contribution in [0.2, 0.25) is 10.0 Å². The highest BCUT2D eigenvalue weighted by atomic mass is 35.5. The minimum atomic E-state index is 0.491. The van der Waals surface area contributed by atoms with Crippen molar-refractivity contribution in [3.8, 4) is 5.75 Å². The third-order valence-electron chi connectivity index (χ3n) is 1.62. The normalized spacial score (nSPS) is 10.3. The summed E-state index contributed by atoms with van der Waals surface area (Å²) < 4.78 is 10.6. The Morgan fingerprint density at radius 3 is 2.53 bits per heavy atom. The average molecular weight is 267 g/mol. The summed E-state index contributed by atoms with van der Waals surface area (Å²) >= 11 is 15.6. The van der Waals surface area contributed by atoms with E-state index < -0.39 is 0 Å². The van der Waals surface area contributed by atoms with Gasteiger partial charge in [0.15, 0.2) is 0 Å². The van der Waals surface area contributed by atoms with Gasteiger partial charge in [0.05, 0.1) is 23.3 Å². The van der Waals surface area contributed by atoms with Crippen molar-refractivity contribution in [2.24, 2.45) is 0 Å². The van der Waals surface area contributed by atoms with Crippen molar-refractivity contribution in [3.05, 3.63) is 28.2 Å². The molecule has 2 nitrogen and oxygen atoms in total. The van der Waals surface area contributed by atoms with Gasteiger partial charge in [-0.25, -0.2) is 0 Å². The largest absolute Gasteiger partial charge is 0.491 e. The molecule has 0 heterocycles. The fourth-order valence-corrected chi connectivity index (χ4v) is 1.37. The Bertz CT molecular complexity index is 307. The Labute approximate surface area is 105 Å². The minimum Gasteiger partial charge on any atom is -0.491 e. The van der Waals surface area contributed by atoms with E-state index in [1.807, 2.05) is 0 Å². The molecule has 0 radical (unpaired) electrons. The van der Waals surface area contributed by atoms with Gasteiger partial charge in [-0.1, -0.05) is 23.2 Å². The van der Waals surface area contributed by atoms with Gasteiger partial charge < -0.3 is 9.47 Å². The van der Waals surface area contributed by atoms with Gasteiger partial charge in [0, 0.05) is 11.8 Å². The maximum atomic E-state index is 5.82. The van der Waals surface area contributed by atoms with E-state index in [1.165, 1.54) is 0 Å². The number of hydrogen-bond acceptors (Lipinski definition) is 3. The zero-order chi connectivity index (χ0) is 11.1. The average Bonchev–Trinajstić information content (AvgIpc) is 2.23. The van der Waals surface area contributed by atoms with E-state index in [9.17, 15) is 0 Å². The lowest BCUT2D eigenvalue weighted by Crippen LogP contribution is -2.07. The molecule has 0 amide bonds. The van der Waals surface area contributed by atoms with Crippen molar-refractivity contribution >= 4 is 35.8 Å². The van der Waals surface area contributed by atoms with E-state index >= 15 is 0 Å². The molecule has 0 aromatic heterocycles. The number of ether oxygens (including phenoxy) is 2. The monoisotopic (exact) mass is 266 g/mol. The summed E-state index contributed by atoms with van der Waals surface area (Å²) in [5.74, 6) is 1.41. The van der Waals surface area contributed by atoms with Gasteiger partial charge in [0.2, 0.25) is 0 Å². The van der Waals surface area contributed by atoms with Crippen LogP contribution in [0.3, 0.4) is 0 Å². The fraction of sp³-hybridized carbons (Fsp3) is 0.400. The molecule has 1 aromatic carbocycles. The second-order valence-corrected chi connectivity index (χ2v) is 4.02. The predicted octanol–water partition coefficient (Wildman–Crippen LogP) is 3.32. The van der Waals surface area contributed by atoms with Crippen molar-refractivity contribution in [2.75, 3.05) is 25.6 Å². The first-order chi connectivity index (χ1) is 7.24. The highest BCUT2D eigenvalue weighted by Gasteiger charge is 1.99. The summed E-state index contributed by atoms with van der Waals surface area (Å²) in [7, 11) is 0. The quantitative estimate of drug-likeness (QED) is 0.629. The minimum absolute atomic E-state index is 0.491. The smallest absolute Gasteiger partial charge is 0.121 e. The molecule has 0 atom stereocenters. The van der Waals surface area contributed by atoms with Crippen LogP contribution in [-0.4, -0.2) is 25.6 Å². The lowest BCUT2D eigenvalue weighted by atomic mass is 10.3. The number of hydrogen-bond donors (Lipinski definition) is 1. The molecule has 15 heavy (non-hydrogen) atoms. The van der Waals surface area contributed by atoms with Crippen molar-refractivity contribution in [2.45, 2.75) is 0 Å². The third-order valence-corrected chi connectivity index (χ3v) is 2.54. The number of thiol groups is 1. The SMILES string of the molecule is SCCOCCOc1ccc(Cl)c(Cl)c1. The summed E-state index contributed by atoms with van der Waals surface area (Å²) in [4.78, 5) is 0. The molecule has 0 bridgehead atoms. The van der Waals surface area contributed by atoms with E-state index in [2.05, 4.69) is 12.6 Å². The van der Waals surface area contributed by atoms with Gasteiger partial charge in [0.1, 0.15) is 12.4 Å². The third kappa shape index (κ3) is 4.98. The first kappa shape index (κ1) is 13.0. The van der Waals surface area contributed by atoms with Crippen LogP contribution in [0.15, 0.2) is 18.2 Å². The second-order valence-electron chi connectivity index (χ2n) is 2.76. The van der Waals surface area contributed by atoms with Crippen LogP contribution >= 0.6 is 35.8 Å². The summed E-state index contributed by atoms with van der Waals surface area (Å²) in [6.45, 7) is 1.67. The van der Waals surface area contributed by atoms with Crippen LogP contribution in [-0.2, 0) is 4.74 Å². The van der Waals surface area contributed by atoms with E-state index in [4.69, 9.17) is 32.7 Å². The zero-order valence-corrected chi connectivity index (χ0v) is 10.5. The van der Waals surface area contributed by atoms with Crippen molar-refractivity contribution in [1.82, 2.24) is 0 Å². The molecule has 0 aliphatic rings. The van der Waals surface area contributed by atoms with Gasteiger partial charge in [-0.3, -0.25) is 0 Å². The molecule has 5 heteroatoms. The topological polar surface area (TPSA) is 18.5 Å². The molecule has 0 aliphatic carbocycles. The van der Waals surface area contributed by atoms with Gasteiger partial charge in [-0.05, 0) is 12.1 Å². The summed E-state index contributed by atoms with van der Waals surface area (Å²) in [6.07, 6.45) is 0. The van der Waals surface area contributed by atoms with Crippen molar-refractivity contribution < 1.29 is 9.47 Å². The fourth-order valence-electron chi connectivity index (χ4n) is 0.952. The molecule has 1 rings (SSSR count). The molecule has 0 N–H and O–H groups in total. The highest BCUT2D eigenvalue weighted by Crippen LogP contribution is 2.26. The summed E-state index contributed by atoms with van der Waals surface area (Å²) in [6, 6.07) is 5.16. The summed E-state index contributed by atoms with van der Waals surface area (Å²) in [5, 5.41) is 1.01. The van der Waals surface area contributed by atoms with E-state index in [0.717, 1.165) is 0 Å². The Kier molecular flexibility index (Phi) is 6.25. The molecule has 84 valence electrons. The Hall–Kier alpha value is -0.0900. The van der Waals surface area contributed by atoms with Crippen LogP contribution in [0, 0.1) is 0 Å². The Morgan fingerprint density at radius 1 is 1.07 bits per heavy atom. The molecule has 0 aliphatic heterocycles. The van der Waals surface area contributed by atoms with Crippen LogP contribution < -0.4 is 4.74 Å². The number of rotatable bonds is 6. The van der Waals surface area contributed by atoms with Crippen molar-refractivity contribution in [3.63, 3.8) is 0 Å². The molecule has 0 fully saturated rings. The van der Waals surface area contributed by atoms with Gasteiger partial charge in [-0.15, -0.1) is 0 Å². The van der Waals surface area contributed by atoms with Crippen LogP contribution in [0.1, 0.15) is 0 Å².